The van der Waals surface area contributed by atoms with Crippen molar-refractivity contribution in [2.24, 2.45) is 0 Å². The number of ketones is 1. The van der Waals surface area contributed by atoms with E-state index in [9.17, 15) is 13.2 Å². The zero-order valence-corrected chi connectivity index (χ0v) is 14.5. The number of rotatable bonds is 4. The minimum absolute atomic E-state index is 0.124. The molecule has 122 valence electrons. The summed E-state index contributed by atoms with van der Waals surface area (Å²) in [7, 11) is -3.84. The van der Waals surface area contributed by atoms with Crippen molar-refractivity contribution in [3.05, 3.63) is 77.3 Å². The molecule has 0 aliphatic rings. The van der Waals surface area contributed by atoms with E-state index in [-0.39, 0.29) is 4.90 Å². The summed E-state index contributed by atoms with van der Waals surface area (Å²) in [6.45, 7) is 1.42. The second-order valence-corrected chi connectivity index (χ2v) is 8.15. The average Bonchev–Trinajstić information content (AvgIpc) is 2.61. The Bertz CT molecular complexity index is 1010. The standard InChI is InChI=1S/C19H15ClO3S/c1-13(19(21)14-7-3-2-4-8-14)24(22,23)18-12-11-17(20)15-9-5-6-10-16(15)18/h2-13H,1H3. The third-order valence-corrected chi connectivity index (χ3v) is 6.47. The summed E-state index contributed by atoms with van der Waals surface area (Å²) in [6.07, 6.45) is 0. The first-order chi connectivity index (χ1) is 11.4. The third kappa shape index (κ3) is 2.83. The quantitative estimate of drug-likeness (QED) is 0.643. The van der Waals surface area contributed by atoms with Crippen molar-refractivity contribution in [3.63, 3.8) is 0 Å². The van der Waals surface area contributed by atoms with Crippen LogP contribution in [0.2, 0.25) is 5.02 Å². The van der Waals surface area contributed by atoms with Gasteiger partial charge in [-0.1, -0.05) is 66.2 Å². The van der Waals surface area contributed by atoms with Gasteiger partial charge in [-0.2, -0.15) is 0 Å². The molecule has 0 bridgehead atoms. The smallest absolute Gasteiger partial charge is 0.189 e. The molecule has 0 radical (unpaired) electrons. The minimum atomic E-state index is -3.84. The Hall–Kier alpha value is -2.17. The van der Waals surface area contributed by atoms with E-state index in [0.717, 1.165) is 0 Å². The van der Waals surface area contributed by atoms with Crippen molar-refractivity contribution in [3.8, 4) is 0 Å². The lowest BCUT2D eigenvalue weighted by molar-refractivity contribution is 0.0991. The maximum Gasteiger partial charge on any atom is 0.189 e. The van der Waals surface area contributed by atoms with Gasteiger partial charge in [-0.05, 0) is 19.1 Å². The highest BCUT2D eigenvalue weighted by molar-refractivity contribution is 7.93. The normalized spacial score (nSPS) is 12.9. The molecule has 3 aromatic rings. The molecule has 1 atom stereocenters. The Kier molecular flexibility index (Phi) is 4.43. The first kappa shape index (κ1) is 16.7. The number of Topliss-reactive ketones (excluding diaryl/α,β-unsaturated/α-hetero) is 1. The predicted molar refractivity (Wildman–Crippen MR) is 96.4 cm³/mol. The van der Waals surface area contributed by atoms with E-state index in [1.807, 2.05) is 0 Å². The van der Waals surface area contributed by atoms with Crippen molar-refractivity contribution in [1.29, 1.82) is 0 Å². The zero-order chi connectivity index (χ0) is 17.3. The molecule has 0 spiro atoms. The van der Waals surface area contributed by atoms with Gasteiger partial charge < -0.3 is 0 Å². The number of sulfone groups is 1. The summed E-state index contributed by atoms with van der Waals surface area (Å²) in [5.74, 6) is -0.422. The van der Waals surface area contributed by atoms with Crippen LogP contribution in [0, 0.1) is 0 Å². The summed E-state index contributed by atoms with van der Waals surface area (Å²) < 4.78 is 26.0. The van der Waals surface area contributed by atoms with Crippen LogP contribution in [0.4, 0.5) is 0 Å². The van der Waals surface area contributed by atoms with Crippen molar-refractivity contribution >= 4 is 38.0 Å². The monoisotopic (exact) mass is 358 g/mol. The van der Waals surface area contributed by atoms with E-state index in [4.69, 9.17) is 11.6 Å². The Morgan fingerprint density at radius 2 is 1.46 bits per heavy atom. The van der Waals surface area contributed by atoms with E-state index >= 15 is 0 Å². The van der Waals surface area contributed by atoms with Gasteiger partial charge in [-0.3, -0.25) is 4.79 Å². The molecule has 0 saturated carbocycles. The van der Waals surface area contributed by atoms with Crippen molar-refractivity contribution < 1.29 is 13.2 Å². The molecule has 3 aromatic carbocycles. The van der Waals surface area contributed by atoms with Crippen LogP contribution < -0.4 is 0 Å². The summed E-state index contributed by atoms with van der Waals surface area (Å²) >= 11 is 6.16. The van der Waals surface area contributed by atoms with Crippen LogP contribution in [0.5, 0.6) is 0 Å². The van der Waals surface area contributed by atoms with Gasteiger partial charge in [0.1, 0.15) is 5.25 Å². The molecule has 0 fully saturated rings. The van der Waals surface area contributed by atoms with E-state index in [1.165, 1.54) is 13.0 Å². The number of hydrogen-bond donors (Lipinski definition) is 0. The fourth-order valence-corrected chi connectivity index (χ4v) is 4.42. The largest absolute Gasteiger partial charge is 0.293 e. The van der Waals surface area contributed by atoms with Crippen LogP contribution in [0.15, 0.2) is 71.6 Å². The highest BCUT2D eigenvalue weighted by Gasteiger charge is 2.31. The Labute approximate surface area is 145 Å². The minimum Gasteiger partial charge on any atom is -0.293 e. The Morgan fingerprint density at radius 3 is 2.12 bits per heavy atom. The Morgan fingerprint density at radius 1 is 0.875 bits per heavy atom. The summed E-state index contributed by atoms with van der Waals surface area (Å²) in [5.41, 5.74) is 0.381. The van der Waals surface area contributed by atoms with E-state index in [2.05, 4.69) is 0 Å². The van der Waals surface area contributed by atoms with Crippen molar-refractivity contribution in [1.82, 2.24) is 0 Å². The van der Waals surface area contributed by atoms with Gasteiger partial charge in [0.05, 0.1) is 4.90 Å². The van der Waals surface area contributed by atoms with Gasteiger partial charge in [0, 0.05) is 21.4 Å². The summed E-state index contributed by atoms with van der Waals surface area (Å²) in [6, 6.07) is 18.5. The second kappa shape index (κ2) is 6.38. The van der Waals surface area contributed by atoms with Gasteiger partial charge in [0.15, 0.2) is 15.6 Å². The van der Waals surface area contributed by atoms with Gasteiger partial charge in [-0.15, -0.1) is 0 Å². The molecule has 0 amide bonds. The topological polar surface area (TPSA) is 51.2 Å². The van der Waals surface area contributed by atoms with Gasteiger partial charge in [0.25, 0.3) is 0 Å². The van der Waals surface area contributed by atoms with Gasteiger partial charge >= 0.3 is 0 Å². The molecule has 0 N–H and O–H groups in total. The number of halogens is 1. The van der Waals surface area contributed by atoms with E-state index < -0.39 is 20.9 Å². The molecule has 24 heavy (non-hydrogen) atoms. The molecule has 0 aliphatic carbocycles. The summed E-state index contributed by atoms with van der Waals surface area (Å²) in [4.78, 5) is 12.7. The average molecular weight is 359 g/mol. The van der Waals surface area contributed by atoms with Crippen LogP contribution in [-0.2, 0) is 9.84 Å². The van der Waals surface area contributed by atoms with Crippen molar-refractivity contribution in [2.75, 3.05) is 0 Å². The maximum atomic E-state index is 13.0. The molecule has 5 heteroatoms. The van der Waals surface area contributed by atoms with Crippen LogP contribution >= 0.6 is 11.6 Å². The molecule has 0 heterocycles. The molecular formula is C19H15ClO3S. The Balaban J connectivity index is 2.12. The van der Waals surface area contributed by atoms with E-state index in [1.54, 1.807) is 60.7 Å². The predicted octanol–water partition coefficient (Wildman–Crippen LogP) is 4.54. The number of benzene rings is 3. The van der Waals surface area contributed by atoms with Crippen molar-refractivity contribution in [2.45, 2.75) is 17.1 Å². The fourth-order valence-electron chi connectivity index (χ4n) is 2.65. The van der Waals surface area contributed by atoms with Crippen LogP contribution in [0.3, 0.4) is 0 Å². The van der Waals surface area contributed by atoms with Crippen LogP contribution in [-0.4, -0.2) is 19.5 Å². The molecule has 1 unspecified atom stereocenters. The van der Waals surface area contributed by atoms with Gasteiger partial charge in [-0.25, -0.2) is 8.42 Å². The number of fused-ring (bicyclic) bond motifs is 1. The highest BCUT2D eigenvalue weighted by atomic mass is 35.5. The van der Waals surface area contributed by atoms with Crippen LogP contribution in [0.1, 0.15) is 17.3 Å². The second-order valence-electron chi connectivity index (χ2n) is 5.51. The molecule has 3 rings (SSSR count). The van der Waals surface area contributed by atoms with E-state index in [0.29, 0.717) is 21.4 Å². The van der Waals surface area contributed by atoms with Crippen LogP contribution in [0.25, 0.3) is 10.8 Å². The zero-order valence-electron chi connectivity index (χ0n) is 12.9. The molecule has 3 nitrogen and oxygen atoms in total. The number of carbonyl (C=O) groups is 1. The number of hydrogen-bond acceptors (Lipinski definition) is 3. The lowest BCUT2D eigenvalue weighted by Gasteiger charge is -2.14. The number of carbonyl (C=O) groups excluding carboxylic acids is 1. The molecule has 0 saturated heterocycles. The van der Waals surface area contributed by atoms with Gasteiger partial charge in [0.2, 0.25) is 0 Å². The third-order valence-electron chi connectivity index (χ3n) is 4.03. The molecule has 0 aromatic heterocycles. The first-order valence-electron chi connectivity index (χ1n) is 7.43. The SMILES string of the molecule is CC(C(=O)c1ccccc1)S(=O)(=O)c1ccc(Cl)c2ccccc12. The highest BCUT2D eigenvalue weighted by Crippen LogP contribution is 2.31. The fraction of sp³-hybridized carbons (Fsp3) is 0.105. The molecular weight excluding hydrogens is 344 g/mol. The molecule has 0 aliphatic heterocycles. The first-order valence-corrected chi connectivity index (χ1v) is 9.36. The lowest BCUT2D eigenvalue weighted by atomic mass is 10.1. The summed E-state index contributed by atoms with van der Waals surface area (Å²) in [5, 5.41) is 0.480. The lowest BCUT2D eigenvalue weighted by Crippen LogP contribution is -2.27. The maximum absolute atomic E-state index is 13.0.